The van der Waals surface area contributed by atoms with Gasteiger partial charge in [-0.05, 0) is 0 Å². The van der Waals surface area contributed by atoms with Gasteiger partial charge in [0.1, 0.15) is 0 Å². The average molecular weight is 182 g/mol. The second kappa shape index (κ2) is 2.45. The van der Waals surface area contributed by atoms with E-state index in [9.17, 15) is 9.59 Å². The van der Waals surface area contributed by atoms with Crippen LogP contribution in [0.3, 0.4) is 0 Å². The molecule has 0 spiro atoms. The zero-order valence-electron chi connectivity index (χ0n) is 6.91. The van der Waals surface area contributed by atoms with Crippen molar-refractivity contribution in [2.45, 2.75) is 0 Å². The number of fused-ring (bicyclic) bond motifs is 1. The summed E-state index contributed by atoms with van der Waals surface area (Å²) in [5.41, 5.74) is 5.26. The lowest BCUT2D eigenvalue weighted by Gasteiger charge is -2.15. The van der Waals surface area contributed by atoms with E-state index in [1.807, 2.05) is 0 Å². The molecule has 70 valence electrons. The van der Waals surface area contributed by atoms with Gasteiger partial charge in [0, 0.05) is 13.1 Å². The molecule has 2 atom stereocenters. The zero-order chi connectivity index (χ0) is 9.59. The predicted octanol–water partition coefficient (Wildman–Crippen LogP) is -1.92. The smallest absolute Gasteiger partial charge is 0.232 e. The molecule has 0 saturated carbocycles. The Labute approximate surface area is 74.6 Å². The molecule has 4 N–H and O–H groups in total. The number of likely N-dealkylation sites (tertiary alicyclic amines) is 1. The highest BCUT2D eigenvalue weighted by atomic mass is 16.2. The topological polar surface area (TPSA) is 99.3 Å². The van der Waals surface area contributed by atoms with Crippen molar-refractivity contribution in [3.05, 3.63) is 0 Å². The minimum Gasteiger partial charge on any atom is -0.370 e. The Kier molecular flexibility index (Phi) is 1.51. The average Bonchev–Trinajstić information content (AvgIpc) is 2.55. The highest BCUT2D eigenvalue weighted by molar-refractivity contribution is 6.06. The number of carbonyl (C=O) groups excluding carboxylic acids is 2. The number of nitrogens with two attached hydrogens (primary N) is 1. The van der Waals surface area contributed by atoms with Crippen LogP contribution in [0.5, 0.6) is 0 Å². The maximum Gasteiger partial charge on any atom is 0.232 e. The summed E-state index contributed by atoms with van der Waals surface area (Å²) in [6, 6.07) is 0. The molecule has 2 amide bonds. The molecule has 2 heterocycles. The molecule has 0 aromatic heterocycles. The molecular formula is C7H10N4O2. The fourth-order valence-corrected chi connectivity index (χ4v) is 1.84. The van der Waals surface area contributed by atoms with Crippen molar-refractivity contribution >= 4 is 17.8 Å². The maximum atomic E-state index is 11.2. The number of guanidine groups is 1. The standard InChI is InChI=1S/C7H10N4O2/c8-7(9)11-1-3-4(2-11)6(13)10-5(3)12/h3-4H,1-2H2,(H3,8,9)(H,10,12,13)/t3-,4-/m1/s1. The Morgan fingerprint density at radius 2 is 1.85 bits per heavy atom. The van der Waals surface area contributed by atoms with Gasteiger partial charge in [0.25, 0.3) is 0 Å². The fraction of sp³-hybridized carbons (Fsp3) is 0.571. The third-order valence-corrected chi connectivity index (χ3v) is 2.58. The molecule has 0 aliphatic carbocycles. The van der Waals surface area contributed by atoms with Crippen LogP contribution in [0.1, 0.15) is 0 Å². The van der Waals surface area contributed by atoms with Crippen LogP contribution in [0, 0.1) is 17.2 Å². The number of carbonyl (C=O) groups is 2. The lowest BCUT2D eigenvalue weighted by molar-refractivity contribution is -0.126. The van der Waals surface area contributed by atoms with Crippen LogP contribution < -0.4 is 11.1 Å². The first-order valence-electron chi connectivity index (χ1n) is 4.03. The van der Waals surface area contributed by atoms with E-state index in [1.165, 1.54) is 0 Å². The minimum atomic E-state index is -0.309. The van der Waals surface area contributed by atoms with Gasteiger partial charge >= 0.3 is 0 Å². The lowest BCUT2D eigenvalue weighted by atomic mass is 10.00. The molecule has 6 nitrogen and oxygen atoms in total. The molecule has 0 aromatic rings. The van der Waals surface area contributed by atoms with Gasteiger partial charge in [-0.2, -0.15) is 0 Å². The zero-order valence-corrected chi connectivity index (χ0v) is 6.91. The van der Waals surface area contributed by atoms with Gasteiger partial charge in [-0.25, -0.2) is 0 Å². The van der Waals surface area contributed by atoms with Crippen molar-refractivity contribution in [3.8, 4) is 0 Å². The van der Waals surface area contributed by atoms with E-state index in [0.717, 1.165) is 0 Å². The molecule has 6 heteroatoms. The van der Waals surface area contributed by atoms with Gasteiger partial charge in [-0.1, -0.05) is 0 Å². The summed E-state index contributed by atoms with van der Waals surface area (Å²) in [4.78, 5) is 23.9. The molecule has 0 bridgehead atoms. The number of hydrogen-bond acceptors (Lipinski definition) is 3. The number of imide groups is 1. The van der Waals surface area contributed by atoms with E-state index in [4.69, 9.17) is 11.1 Å². The lowest BCUT2D eigenvalue weighted by Crippen LogP contribution is -2.38. The quantitative estimate of drug-likeness (QED) is 0.231. The van der Waals surface area contributed by atoms with Crippen molar-refractivity contribution in [1.82, 2.24) is 10.2 Å². The molecule has 2 rings (SSSR count). The Hall–Kier alpha value is -1.59. The highest BCUT2D eigenvalue weighted by Gasteiger charge is 2.48. The van der Waals surface area contributed by atoms with Crippen molar-refractivity contribution < 1.29 is 9.59 Å². The Morgan fingerprint density at radius 3 is 2.23 bits per heavy atom. The summed E-state index contributed by atoms with van der Waals surface area (Å²) in [5, 5.41) is 9.43. The van der Waals surface area contributed by atoms with Gasteiger partial charge in [0.05, 0.1) is 11.8 Å². The van der Waals surface area contributed by atoms with E-state index < -0.39 is 0 Å². The van der Waals surface area contributed by atoms with Crippen molar-refractivity contribution in [3.63, 3.8) is 0 Å². The SMILES string of the molecule is N=C(N)N1C[C@H]2C(=O)NC(=O)[C@@H]2C1. The Balaban J connectivity index is 2.17. The molecule has 2 aliphatic heterocycles. The first-order valence-corrected chi connectivity index (χ1v) is 4.03. The Bertz CT molecular complexity index is 279. The van der Waals surface area contributed by atoms with E-state index in [-0.39, 0.29) is 29.6 Å². The van der Waals surface area contributed by atoms with E-state index in [1.54, 1.807) is 4.90 Å². The molecule has 0 radical (unpaired) electrons. The van der Waals surface area contributed by atoms with Gasteiger partial charge in [0.15, 0.2) is 5.96 Å². The first-order chi connectivity index (χ1) is 6.09. The number of nitrogens with zero attached hydrogens (tertiary/aromatic N) is 1. The monoisotopic (exact) mass is 182 g/mol. The molecule has 2 saturated heterocycles. The van der Waals surface area contributed by atoms with Crippen LogP contribution in [-0.4, -0.2) is 35.8 Å². The summed E-state index contributed by atoms with van der Waals surface area (Å²) < 4.78 is 0. The van der Waals surface area contributed by atoms with Crippen LogP contribution in [0.4, 0.5) is 0 Å². The summed E-state index contributed by atoms with van der Waals surface area (Å²) in [6.45, 7) is 0.773. The second-order valence-corrected chi connectivity index (χ2v) is 3.36. The van der Waals surface area contributed by atoms with Crippen LogP contribution in [-0.2, 0) is 9.59 Å². The third-order valence-electron chi connectivity index (χ3n) is 2.58. The first kappa shape index (κ1) is 8.03. The van der Waals surface area contributed by atoms with Crippen LogP contribution in [0.15, 0.2) is 0 Å². The van der Waals surface area contributed by atoms with E-state index in [0.29, 0.717) is 13.1 Å². The number of nitrogens with one attached hydrogen (secondary N) is 2. The normalized spacial score (nSPS) is 31.8. The molecule has 2 aliphatic rings. The fourth-order valence-electron chi connectivity index (χ4n) is 1.84. The largest absolute Gasteiger partial charge is 0.370 e. The number of hydrogen-bond donors (Lipinski definition) is 3. The van der Waals surface area contributed by atoms with Crippen molar-refractivity contribution in [2.75, 3.05) is 13.1 Å². The summed E-state index contributed by atoms with van der Waals surface area (Å²) in [7, 11) is 0. The van der Waals surface area contributed by atoms with Crippen molar-refractivity contribution in [2.24, 2.45) is 17.6 Å². The minimum absolute atomic E-state index is 0.0741. The predicted molar refractivity (Wildman–Crippen MR) is 43.6 cm³/mol. The van der Waals surface area contributed by atoms with Crippen molar-refractivity contribution in [1.29, 1.82) is 5.41 Å². The molecule has 13 heavy (non-hydrogen) atoms. The highest BCUT2D eigenvalue weighted by Crippen LogP contribution is 2.27. The van der Waals surface area contributed by atoms with Crippen LogP contribution in [0.25, 0.3) is 0 Å². The maximum absolute atomic E-state index is 11.2. The number of amides is 2. The molecule has 0 aromatic carbocycles. The summed E-state index contributed by atoms with van der Waals surface area (Å²) in [5.74, 6) is -1.17. The molecule has 2 fully saturated rings. The van der Waals surface area contributed by atoms with Crippen LogP contribution in [0.2, 0.25) is 0 Å². The molecule has 0 unspecified atom stereocenters. The van der Waals surface area contributed by atoms with Gasteiger partial charge in [-0.15, -0.1) is 0 Å². The van der Waals surface area contributed by atoms with Crippen LogP contribution >= 0.6 is 0 Å². The third kappa shape index (κ3) is 1.06. The molecular weight excluding hydrogens is 172 g/mol. The van der Waals surface area contributed by atoms with E-state index in [2.05, 4.69) is 5.32 Å². The summed E-state index contributed by atoms with van der Waals surface area (Å²) >= 11 is 0. The van der Waals surface area contributed by atoms with Gasteiger partial charge in [-0.3, -0.25) is 20.3 Å². The van der Waals surface area contributed by atoms with Gasteiger partial charge < -0.3 is 10.6 Å². The number of rotatable bonds is 0. The van der Waals surface area contributed by atoms with Gasteiger partial charge in [0.2, 0.25) is 11.8 Å². The summed E-state index contributed by atoms with van der Waals surface area (Å²) in [6.07, 6.45) is 0. The van der Waals surface area contributed by atoms with E-state index >= 15 is 0 Å². The Morgan fingerprint density at radius 1 is 1.38 bits per heavy atom. The second-order valence-electron chi connectivity index (χ2n) is 3.36.